The molecule has 0 unspecified atom stereocenters. The Kier molecular flexibility index (Phi) is 4.33. The number of thiazole rings is 1. The van der Waals surface area contributed by atoms with E-state index in [1.807, 2.05) is 11.3 Å². The fourth-order valence-corrected chi connectivity index (χ4v) is 3.67. The fraction of sp³-hybridized carbons (Fsp3) is 0.278. The van der Waals surface area contributed by atoms with Gasteiger partial charge in [0.2, 0.25) is 5.52 Å². The minimum Gasteiger partial charge on any atom is -0.378 e. The van der Waals surface area contributed by atoms with Gasteiger partial charge in [-0.15, -0.1) is 0 Å². The Morgan fingerprint density at radius 1 is 1.00 bits per heavy atom. The number of benzene rings is 2. The summed E-state index contributed by atoms with van der Waals surface area (Å²) < 4.78 is 3.63. The van der Waals surface area contributed by atoms with E-state index in [0.717, 1.165) is 0 Å². The highest BCUT2D eigenvalue weighted by Crippen LogP contribution is 2.29. The Morgan fingerprint density at radius 2 is 1.67 bits per heavy atom. The van der Waals surface area contributed by atoms with Gasteiger partial charge in [0.15, 0.2) is 0 Å². The third-order valence-corrected chi connectivity index (χ3v) is 4.87. The molecule has 0 saturated carbocycles. The number of nitrogens with zero attached hydrogens (tertiary/aromatic N) is 2. The minimum absolute atomic E-state index is 0. The van der Waals surface area contributed by atoms with Gasteiger partial charge in [-0.1, -0.05) is 24.8 Å². The SMILES string of the molecule is C.Cc1ccc2c(c1)sc(-c1ccc(N(C)C)cc1)[n+]2C. The van der Waals surface area contributed by atoms with Crippen LogP contribution in [0.5, 0.6) is 0 Å². The van der Waals surface area contributed by atoms with Crippen molar-refractivity contribution >= 4 is 27.2 Å². The maximum Gasteiger partial charge on any atom is 0.269 e. The predicted octanol–water partition coefficient (Wildman–Crippen LogP) is 4.40. The average molecular weight is 299 g/mol. The topological polar surface area (TPSA) is 7.12 Å². The molecule has 0 aliphatic rings. The van der Waals surface area contributed by atoms with Gasteiger partial charge >= 0.3 is 0 Å². The van der Waals surface area contributed by atoms with Crippen molar-refractivity contribution in [1.82, 2.24) is 0 Å². The van der Waals surface area contributed by atoms with Crippen LogP contribution in [0, 0.1) is 6.92 Å². The largest absolute Gasteiger partial charge is 0.378 e. The quantitative estimate of drug-likeness (QED) is 0.636. The van der Waals surface area contributed by atoms with E-state index in [1.54, 1.807) is 0 Å². The highest BCUT2D eigenvalue weighted by atomic mass is 32.1. The molecule has 3 aromatic rings. The minimum atomic E-state index is 0. The number of hydrogen-bond acceptors (Lipinski definition) is 2. The molecule has 0 N–H and O–H groups in total. The van der Waals surface area contributed by atoms with Crippen LogP contribution in [-0.2, 0) is 7.05 Å². The van der Waals surface area contributed by atoms with E-state index in [1.165, 1.54) is 32.0 Å². The molecule has 0 saturated heterocycles. The molecule has 0 radical (unpaired) electrons. The van der Waals surface area contributed by atoms with Gasteiger partial charge in [-0.25, -0.2) is 0 Å². The van der Waals surface area contributed by atoms with Crippen LogP contribution in [0.25, 0.3) is 20.8 Å². The first-order chi connectivity index (χ1) is 9.56. The summed E-state index contributed by atoms with van der Waals surface area (Å²) >= 11 is 1.85. The Morgan fingerprint density at radius 3 is 2.29 bits per heavy atom. The van der Waals surface area contributed by atoms with E-state index in [-0.39, 0.29) is 7.43 Å². The van der Waals surface area contributed by atoms with Crippen LogP contribution in [0.15, 0.2) is 42.5 Å². The third-order valence-electron chi connectivity index (χ3n) is 3.62. The van der Waals surface area contributed by atoms with Crippen LogP contribution in [0.2, 0.25) is 0 Å². The van der Waals surface area contributed by atoms with Crippen LogP contribution >= 0.6 is 11.3 Å². The molecule has 3 heteroatoms. The average Bonchev–Trinajstić information content (AvgIpc) is 2.75. The molecule has 1 aromatic heterocycles. The highest BCUT2D eigenvalue weighted by Gasteiger charge is 2.18. The molecular weight excluding hydrogens is 276 g/mol. The maximum atomic E-state index is 2.28. The number of fused-ring (bicyclic) bond motifs is 1. The zero-order valence-corrected chi connectivity index (χ0v) is 13.2. The van der Waals surface area contributed by atoms with Crippen LogP contribution in [0.4, 0.5) is 5.69 Å². The van der Waals surface area contributed by atoms with Gasteiger partial charge in [0, 0.05) is 25.8 Å². The summed E-state index contributed by atoms with van der Waals surface area (Å²) in [4.78, 5) is 2.12. The monoisotopic (exact) mass is 299 g/mol. The number of hydrogen-bond donors (Lipinski definition) is 0. The lowest BCUT2D eigenvalue weighted by atomic mass is 10.2. The van der Waals surface area contributed by atoms with Crippen molar-refractivity contribution in [1.29, 1.82) is 0 Å². The molecule has 0 aliphatic carbocycles. The summed E-state index contributed by atoms with van der Waals surface area (Å²) in [5.41, 5.74) is 5.12. The Hall–Kier alpha value is -1.87. The molecule has 3 rings (SSSR count). The Balaban J connectivity index is 0.00000161. The summed E-state index contributed by atoms with van der Waals surface area (Å²) in [6.07, 6.45) is 0. The number of anilines is 1. The molecule has 21 heavy (non-hydrogen) atoms. The van der Waals surface area contributed by atoms with E-state index in [0.29, 0.717) is 0 Å². The lowest BCUT2D eigenvalue weighted by molar-refractivity contribution is -0.629. The van der Waals surface area contributed by atoms with E-state index < -0.39 is 0 Å². The molecule has 0 bridgehead atoms. The van der Waals surface area contributed by atoms with Gasteiger partial charge < -0.3 is 4.90 Å². The lowest BCUT2D eigenvalue weighted by Gasteiger charge is -2.11. The van der Waals surface area contributed by atoms with Crippen LogP contribution in [0.3, 0.4) is 0 Å². The molecule has 0 fully saturated rings. The Bertz CT molecular complexity index is 755. The van der Waals surface area contributed by atoms with E-state index in [4.69, 9.17) is 0 Å². The lowest BCUT2D eigenvalue weighted by Crippen LogP contribution is -2.28. The predicted molar refractivity (Wildman–Crippen MR) is 94.2 cm³/mol. The van der Waals surface area contributed by atoms with Gasteiger partial charge in [-0.3, -0.25) is 0 Å². The van der Waals surface area contributed by atoms with Gasteiger partial charge in [0.25, 0.3) is 5.01 Å². The first-order valence-corrected chi connectivity index (χ1v) is 7.55. The van der Waals surface area contributed by atoms with Crippen molar-refractivity contribution in [3.8, 4) is 10.6 Å². The Labute approximate surface area is 131 Å². The number of aromatic nitrogens is 1. The van der Waals surface area contributed by atoms with Gasteiger partial charge in [-0.05, 0) is 42.8 Å². The number of rotatable bonds is 2. The van der Waals surface area contributed by atoms with Crippen molar-refractivity contribution in [2.75, 3.05) is 19.0 Å². The van der Waals surface area contributed by atoms with Crippen LogP contribution in [-0.4, -0.2) is 14.1 Å². The normalized spacial score (nSPS) is 10.5. The van der Waals surface area contributed by atoms with E-state index in [2.05, 4.69) is 80.0 Å². The zero-order valence-electron chi connectivity index (χ0n) is 12.3. The zero-order chi connectivity index (χ0) is 14.3. The van der Waals surface area contributed by atoms with E-state index in [9.17, 15) is 0 Å². The summed E-state index contributed by atoms with van der Waals surface area (Å²) in [6, 6.07) is 15.4. The van der Waals surface area contributed by atoms with Gasteiger partial charge in [0.1, 0.15) is 11.7 Å². The van der Waals surface area contributed by atoms with Gasteiger partial charge in [-0.2, -0.15) is 4.57 Å². The molecule has 1 heterocycles. The van der Waals surface area contributed by atoms with Crippen molar-refractivity contribution in [2.24, 2.45) is 7.05 Å². The first-order valence-electron chi connectivity index (χ1n) is 6.73. The molecule has 2 aromatic carbocycles. The summed E-state index contributed by atoms with van der Waals surface area (Å²) in [7, 11) is 6.28. The fourth-order valence-electron chi connectivity index (χ4n) is 2.42. The second kappa shape index (κ2) is 5.86. The molecular formula is C18H23N2S+. The van der Waals surface area contributed by atoms with Crippen molar-refractivity contribution in [3.05, 3.63) is 48.0 Å². The summed E-state index contributed by atoms with van der Waals surface area (Å²) in [5, 5.41) is 1.30. The molecule has 0 amide bonds. The molecule has 110 valence electrons. The smallest absolute Gasteiger partial charge is 0.269 e. The maximum absolute atomic E-state index is 2.28. The third kappa shape index (κ3) is 2.79. The van der Waals surface area contributed by atoms with Crippen LogP contribution in [0.1, 0.15) is 13.0 Å². The van der Waals surface area contributed by atoms with Crippen molar-refractivity contribution in [3.63, 3.8) is 0 Å². The molecule has 0 atom stereocenters. The number of aryl methyl sites for hydroxylation is 2. The first kappa shape index (κ1) is 15.5. The standard InChI is InChI=1S/C17H19N2S.CH4/c1-12-5-10-15-16(11-12)20-17(19(15)4)13-6-8-14(9-7-13)18(2)3;/h5-11H,1-4H3;1H4/q+1;. The van der Waals surface area contributed by atoms with Crippen molar-refractivity contribution < 1.29 is 4.57 Å². The summed E-state index contributed by atoms with van der Waals surface area (Å²) in [6.45, 7) is 2.14. The molecule has 0 spiro atoms. The van der Waals surface area contributed by atoms with Gasteiger partial charge in [0.05, 0.1) is 5.56 Å². The molecule has 2 nitrogen and oxygen atoms in total. The second-order valence-electron chi connectivity index (χ2n) is 5.38. The summed E-state index contributed by atoms with van der Waals surface area (Å²) in [5.74, 6) is 0. The highest BCUT2D eigenvalue weighted by molar-refractivity contribution is 7.21. The second-order valence-corrected chi connectivity index (χ2v) is 6.41. The van der Waals surface area contributed by atoms with E-state index >= 15 is 0 Å². The van der Waals surface area contributed by atoms with Crippen LogP contribution < -0.4 is 9.47 Å². The molecule has 0 aliphatic heterocycles. The van der Waals surface area contributed by atoms with Crippen molar-refractivity contribution in [2.45, 2.75) is 14.4 Å².